The molecule has 1 fully saturated rings. The Labute approximate surface area is 74.0 Å². The highest BCUT2D eigenvalue weighted by molar-refractivity contribution is 4.78. The van der Waals surface area contributed by atoms with E-state index in [1.807, 2.05) is 13.8 Å². The second kappa shape index (κ2) is 4.21. The van der Waals surface area contributed by atoms with Gasteiger partial charge in [-0.15, -0.1) is 0 Å². The van der Waals surface area contributed by atoms with Gasteiger partial charge in [-0.3, -0.25) is 4.90 Å². The Morgan fingerprint density at radius 3 is 2.17 bits per heavy atom. The summed E-state index contributed by atoms with van der Waals surface area (Å²) >= 11 is 0. The van der Waals surface area contributed by atoms with Crippen molar-refractivity contribution < 1.29 is 10.2 Å². The smallest absolute Gasteiger partial charge is 0.0664 e. The van der Waals surface area contributed by atoms with E-state index in [1.54, 1.807) is 0 Å². The lowest BCUT2D eigenvalue weighted by Crippen LogP contribution is -2.45. The van der Waals surface area contributed by atoms with Crippen molar-refractivity contribution >= 4 is 0 Å². The van der Waals surface area contributed by atoms with Gasteiger partial charge in [0.2, 0.25) is 0 Å². The number of likely N-dealkylation sites (tertiary alicyclic amines) is 1. The third-order valence-corrected chi connectivity index (χ3v) is 2.77. The Balaban J connectivity index is 2.34. The number of rotatable bonds is 2. The maximum absolute atomic E-state index is 9.33. The zero-order valence-corrected chi connectivity index (χ0v) is 7.90. The van der Waals surface area contributed by atoms with Crippen molar-refractivity contribution in [3.05, 3.63) is 0 Å². The van der Waals surface area contributed by atoms with E-state index >= 15 is 0 Å². The lowest BCUT2D eigenvalue weighted by Gasteiger charge is -2.35. The third-order valence-electron chi connectivity index (χ3n) is 2.77. The topological polar surface area (TPSA) is 43.7 Å². The molecule has 0 amide bonds. The molecule has 0 spiro atoms. The molecule has 3 heteroatoms. The Kier molecular flexibility index (Phi) is 3.50. The van der Waals surface area contributed by atoms with Gasteiger partial charge in [-0.25, -0.2) is 0 Å². The summed E-state index contributed by atoms with van der Waals surface area (Å²) in [5, 5.41) is 18.6. The Bertz CT molecular complexity index is 130. The lowest BCUT2D eigenvalue weighted by atomic mass is 10.0. The number of hydrogen-bond acceptors (Lipinski definition) is 3. The van der Waals surface area contributed by atoms with Crippen LogP contribution in [0, 0.1) is 0 Å². The summed E-state index contributed by atoms with van der Waals surface area (Å²) in [7, 11) is 0. The summed E-state index contributed by atoms with van der Waals surface area (Å²) in [5.74, 6) is 0. The monoisotopic (exact) mass is 173 g/mol. The zero-order valence-electron chi connectivity index (χ0n) is 7.90. The van der Waals surface area contributed by atoms with Crippen LogP contribution in [-0.4, -0.2) is 46.5 Å². The molecule has 2 unspecified atom stereocenters. The molecule has 1 saturated heterocycles. The minimum absolute atomic E-state index is 0.123. The van der Waals surface area contributed by atoms with E-state index < -0.39 is 0 Å². The van der Waals surface area contributed by atoms with Gasteiger partial charge in [0.25, 0.3) is 0 Å². The Morgan fingerprint density at radius 1 is 1.25 bits per heavy atom. The molecular weight excluding hydrogens is 154 g/mol. The molecule has 0 aromatic rings. The SMILES string of the molecule is CC(O)C(C)N1CCC(O)CC1. The molecule has 1 rings (SSSR count). The van der Waals surface area contributed by atoms with Crippen LogP contribution in [0.2, 0.25) is 0 Å². The van der Waals surface area contributed by atoms with Crippen LogP contribution in [0.1, 0.15) is 26.7 Å². The second-order valence-electron chi connectivity index (χ2n) is 3.75. The first-order chi connectivity index (χ1) is 5.61. The summed E-state index contributed by atoms with van der Waals surface area (Å²) in [4.78, 5) is 2.23. The number of nitrogens with zero attached hydrogens (tertiary/aromatic N) is 1. The third kappa shape index (κ3) is 2.44. The largest absolute Gasteiger partial charge is 0.393 e. The van der Waals surface area contributed by atoms with Crippen LogP contribution < -0.4 is 0 Å². The molecule has 0 aliphatic carbocycles. The van der Waals surface area contributed by atoms with E-state index in [2.05, 4.69) is 4.90 Å². The average Bonchev–Trinajstić information content (AvgIpc) is 2.04. The standard InChI is InChI=1S/C9H19NO2/c1-7(8(2)11)10-5-3-9(12)4-6-10/h7-9,11-12H,3-6H2,1-2H3. The predicted octanol–water partition coefficient (Wildman–Crippen LogP) is 0.212. The van der Waals surface area contributed by atoms with Gasteiger partial charge < -0.3 is 10.2 Å². The number of aliphatic hydroxyl groups excluding tert-OH is 2. The predicted molar refractivity (Wildman–Crippen MR) is 48.0 cm³/mol. The molecule has 1 aliphatic heterocycles. The van der Waals surface area contributed by atoms with E-state index in [4.69, 9.17) is 0 Å². The van der Waals surface area contributed by atoms with Gasteiger partial charge in [0.1, 0.15) is 0 Å². The van der Waals surface area contributed by atoms with Crippen molar-refractivity contribution in [1.29, 1.82) is 0 Å². The summed E-state index contributed by atoms with van der Waals surface area (Å²) < 4.78 is 0. The molecule has 0 saturated carbocycles. The lowest BCUT2D eigenvalue weighted by molar-refractivity contribution is 0.0212. The van der Waals surface area contributed by atoms with Crippen LogP contribution in [-0.2, 0) is 0 Å². The van der Waals surface area contributed by atoms with Gasteiger partial charge in [-0.2, -0.15) is 0 Å². The molecule has 12 heavy (non-hydrogen) atoms. The van der Waals surface area contributed by atoms with Crippen LogP contribution in [0.3, 0.4) is 0 Å². The zero-order chi connectivity index (χ0) is 9.14. The van der Waals surface area contributed by atoms with E-state index in [1.165, 1.54) is 0 Å². The van der Waals surface area contributed by atoms with Gasteiger partial charge in [0.05, 0.1) is 12.2 Å². The van der Waals surface area contributed by atoms with E-state index in [9.17, 15) is 10.2 Å². The molecule has 0 radical (unpaired) electrons. The Morgan fingerprint density at radius 2 is 1.75 bits per heavy atom. The Hall–Kier alpha value is -0.120. The fourth-order valence-corrected chi connectivity index (χ4v) is 1.60. The van der Waals surface area contributed by atoms with Gasteiger partial charge in [0.15, 0.2) is 0 Å². The van der Waals surface area contributed by atoms with Gasteiger partial charge >= 0.3 is 0 Å². The molecule has 3 nitrogen and oxygen atoms in total. The highest BCUT2D eigenvalue weighted by Gasteiger charge is 2.23. The molecule has 0 bridgehead atoms. The first-order valence-corrected chi connectivity index (χ1v) is 4.71. The van der Waals surface area contributed by atoms with Gasteiger partial charge in [-0.05, 0) is 26.7 Å². The number of hydrogen-bond donors (Lipinski definition) is 2. The molecule has 2 atom stereocenters. The highest BCUT2D eigenvalue weighted by atomic mass is 16.3. The van der Waals surface area contributed by atoms with Crippen LogP contribution >= 0.6 is 0 Å². The molecule has 0 aromatic heterocycles. The molecule has 72 valence electrons. The normalized spacial score (nSPS) is 27.0. The first kappa shape index (κ1) is 9.96. The van der Waals surface area contributed by atoms with Gasteiger partial charge in [-0.1, -0.05) is 0 Å². The fraction of sp³-hybridized carbons (Fsp3) is 1.00. The summed E-state index contributed by atoms with van der Waals surface area (Å²) in [5.41, 5.74) is 0. The van der Waals surface area contributed by atoms with E-state index in [0.717, 1.165) is 25.9 Å². The molecule has 2 N–H and O–H groups in total. The highest BCUT2D eigenvalue weighted by Crippen LogP contribution is 2.14. The summed E-state index contributed by atoms with van der Waals surface area (Å²) in [6.45, 7) is 5.67. The van der Waals surface area contributed by atoms with Crippen LogP contribution in [0.15, 0.2) is 0 Å². The van der Waals surface area contributed by atoms with Crippen LogP contribution in [0.4, 0.5) is 0 Å². The minimum Gasteiger partial charge on any atom is -0.393 e. The van der Waals surface area contributed by atoms with Crippen LogP contribution in [0.25, 0.3) is 0 Å². The molecule has 1 aliphatic rings. The molecular formula is C9H19NO2. The number of piperidine rings is 1. The minimum atomic E-state index is -0.278. The van der Waals surface area contributed by atoms with Crippen molar-refractivity contribution in [3.63, 3.8) is 0 Å². The maximum Gasteiger partial charge on any atom is 0.0664 e. The van der Waals surface area contributed by atoms with E-state index in [-0.39, 0.29) is 18.2 Å². The molecule has 1 heterocycles. The second-order valence-corrected chi connectivity index (χ2v) is 3.75. The van der Waals surface area contributed by atoms with E-state index in [0.29, 0.717) is 0 Å². The van der Waals surface area contributed by atoms with Crippen molar-refractivity contribution in [2.24, 2.45) is 0 Å². The average molecular weight is 173 g/mol. The van der Waals surface area contributed by atoms with Crippen molar-refractivity contribution in [1.82, 2.24) is 4.90 Å². The summed E-state index contributed by atoms with van der Waals surface area (Å²) in [6.07, 6.45) is 1.29. The van der Waals surface area contributed by atoms with Crippen molar-refractivity contribution in [2.45, 2.75) is 44.9 Å². The quantitative estimate of drug-likeness (QED) is 0.627. The number of aliphatic hydroxyl groups is 2. The van der Waals surface area contributed by atoms with Crippen molar-refractivity contribution in [3.8, 4) is 0 Å². The first-order valence-electron chi connectivity index (χ1n) is 4.71. The van der Waals surface area contributed by atoms with Gasteiger partial charge in [0, 0.05) is 19.1 Å². The summed E-state index contributed by atoms with van der Waals surface area (Å²) in [6, 6.07) is 0.220. The van der Waals surface area contributed by atoms with Crippen molar-refractivity contribution in [2.75, 3.05) is 13.1 Å². The fourth-order valence-electron chi connectivity index (χ4n) is 1.60. The molecule has 0 aromatic carbocycles. The maximum atomic E-state index is 9.33. The van der Waals surface area contributed by atoms with Crippen LogP contribution in [0.5, 0.6) is 0 Å².